The predicted octanol–water partition coefficient (Wildman–Crippen LogP) is 3.37. The molecule has 0 saturated heterocycles. The summed E-state index contributed by atoms with van der Waals surface area (Å²) in [6, 6.07) is 13.9. The van der Waals surface area contributed by atoms with Crippen LogP contribution in [-0.4, -0.2) is 13.4 Å². The van der Waals surface area contributed by atoms with Gasteiger partial charge in [0, 0.05) is 0 Å². The number of aromatic nitrogens is 1. The van der Waals surface area contributed by atoms with Gasteiger partial charge in [0.05, 0.1) is 10.2 Å². The first kappa shape index (κ1) is 13.1. The van der Waals surface area contributed by atoms with Gasteiger partial charge in [-0.05, 0) is 31.2 Å². The lowest BCUT2D eigenvalue weighted by Crippen LogP contribution is -2.09. The molecule has 0 radical (unpaired) electrons. The molecule has 102 valence electrons. The van der Waals surface area contributed by atoms with E-state index in [9.17, 15) is 8.42 Å². The summed E-state index contributed by atoms with van der Waals surface area (Å²) >= 11 is 1.21. The highest BCUT2D eigenvalue weighted by Gasteiger charge is 2.18. The van der Waals surface area contributed by atoms with Crippen molar-refractivity contribution in [3.8, 4) is 5.19 Å². The van der Waals surface area contributed by atoms with Gasteiger partial charge < -0.3 is 4.18 Å². The molecule has 20 heavy (non-hydrogen) atoms. The summed E-state index contributed by atoms with van der Waals surface area (Å²) < 4.78 is 30.3. The van der Waals surface area contributed by atoms with Crippen molar-refractivity contribution in [3.63, 3.8) is 0 Å². The lowest BCUT2D eigenvalue weighted by Gasteiger charge is -2.03. The van der Waals surface area contributed by atoms with Crippen LogP contribution in [0.3, 0.4) is 0 Å². The Balaban J connectivity index is 1.94. The number of rotatable bonds is 3. The second-order valence-corrected chi connectivity index (χ2v) is 6.84. The van der Waals surface area contributed by atoms with Crippen LogP contribution in [-0.2, 0) is 10.1 Å². The van der Waals surface area contributed by atoms with E-state index in [4.69, 9.17) is 4.18 Å². The minimum absolute atomic E-state index is 0.127. The molecular weight excluding hydrogens is 294 g/mol. The molecule has 0 aliphatic carbocycles. The first-order valence-electron chi connectivity index (χ1n) is 5.91. The zero-order chi connectivity index (χ0) is 14.2. The summed E-state index contributed by atoms with van der Waals surface area (Å²) in [6.45, 7) is 1.89. The SMILES string of the molecule is Cc1ccc(S(=O)(=O)Oc2nc3ccccc3s2)cc1. The second kappa shape index (κ2) is 4.88. The van der Waals surface area contributed by atoms with E-state index >= 15 is 0 Å². The molecule has 0 amide bonds. The zero-order valence-electron chi connectivity index (χ0n) is 10.6. The van der Waals surface area contributed by atoms with Gasteiger partial charge in [-0.2, -0.15) is 8.42 Å². The molecule has 1 heterocycles. The molecule has 3 aromatic rings. The Labute approximate surface area is 120 Å². The number of aryl methyl sites for hydroxylation is 1. The average molecular weight is 305 g/mol. The van der Waals surface area contributed by atoms with Gasteiger partial charge in [-0.25, -0.2) is 4.98 Å². The Morgan fingerprint density at radius 2 is 1.75 bits per heavy atom. The van der Waals surface area contributed by atoms with Crippen LogP contribution in [0.25, 0.3) is 10.2 Å². The quantitative estimate of drug-likeness (QED) is 0.696. The summed E-state index contributed by atoms with van der Waals surface area (Å²) in [7, 11) is -3.83. The fraction of sp³-hybridized carbons (Fsp3) is 0.0714. The van der Waals surface area contributed by atoms with Gasteiger partial charge in [-0.3, -0.25) is 0 Å². The van der Waals surface area contributed by atoms with Crippen molar-refractivity contribution < 1.29 is 12.6 Å². The van der Waals surface area contributed by atoms with Crippen molar-refractivity contribution in [2.24, 2.45) is 0 Å². The smallest absolute Gasteiger partial charge is 0.341 e. The van der Waals surface area contributed by atoms with Crippen molar-refractivity contribution in [1.82, 2.24) is 4.98 Å². The predicted molar refractivity (Wildman–Crippen MR) is 78.6 cm³/mol. The highest BCUT2D eigenvalue weighted by Crippen LogP contribution is 2.29. The van der Waals surface area contributed by atoms with E-state index in [0.29, 0.717) is 0 Å². The molecule has 4 nitrogen and oxygen atoms in total. The highest BCUT2D eigenvalue weighted by molar-refractivity contribution is 7.87. The lowest BCUT2D eigenvalue weighted by molar-refractivity contribution is 0.485. The number of nitrogens with zero attached hydrogens (tertiary/aromatic N) is 1. The first-order chi connectivity index (χ1) is 9.54. The molecule has 6 heteroatoms. The largest absolute Gasteiger partial charge is 0.348 e. The van der Waals surface area contributed by atoms with Crippen molar-refractivity contribution in [3.05, 3.63) is 54.1 Å². The summed E-state index contributed by atoms with van der Waals surface area (Å²) in [6.07, 6.45) is 0. The number of thiazole rings is 1. The molecule has 0 spiro atoms. The maximum atomic E-state index is 12.1. The summed E-state index contributed by atoms with van der Waals surface area (Å²) in [5.41, 5.74) is 1.72. The van der Waals surface area contributed by atoms with Crippen LogP contribution in [0.1, 0.15) is 5.56 Å². The van der Waals surface area contributed by atoms with Crippen LogP contribution in [0.15, 0.2) is 53.4 Å². The van der Waals surface area contributed by atoms with Gasteiger partial charge in [0.2, 0.25) is 0 Å². The number of benzene rings is 2. The molecular formula is C14H11NO3S2. The topological polar surface area (TPSA) is 56.3 Å². The number of hydrogen-bond acceptors (Lipinski definition) is 5. The van der Waals surface area contributed by atoms with Crippen molar-refractivity contribution in [2.45, 2.75) is 11.8 Å². The molecule has 2 aromatic carbocycles. The minimum atomic E-state index is -3.83. The van der Waals surface area contributed by atoms with E-state index < -0.39 is 10.1 Å². The van der Waals surface area contributed by atoms with Crippen LogP contribution in [0.4, 0.5) is 0 Å². The fourth-order valence-corrected chi connectivity index (χ4v) is 3.63. The normalized spacial score (nSPS) is 11.7. The van der Waals surface area contributed by atoms with Gasteiger partial charge in [-0.1, -0.05) is 41.2 Å². The Morgan fingerprint density at radius 3 is 2.45 bits per heavy atom. The third-order valence-corrected chi connectivity index (χ3v) is 5.01. The fourth-order valence-electron chi connectivity index (χ4n) is 1.73. The zero-order valence-corrected chi connectivity index (χ0v) is 12.2. The Morgan fingerprint density at radius 1 is 1.05 bits per heavy atom. The molecule has 0 unspecified atom stereocenters. The van der Waals surface area contributed by atoms with Crippen molar-refractivity contribution in [1.29, 1.82) is 0 Å². The molecule has 0 saturated carbocycles. The molecule has 0 fully saturated rings. The monoisotopic (exact) mass is 305 g/mol. The lowest BCUT2D eigenvalue weighted by atomic mass is 10.2. The summed E-state index contributed by atoms with van der Waals surface area (Å²) in [5.74, 6) is 0. The third-order valence-electron chi connectivity index (χ3n) is 2.76. The van der Waals surface area contributed by atoms with E-state index in [1.807, 2.05) is 31.2 Å². The number of para-hydroxylation sites is 1. The van der Waals surface area contributed by atoms with E-state index in [1.54, 1.807) is 12.1 Å². The first-order valence-corrected chi connectivity index (χ1v) is 8.14. The molecule has 0 aliphatic rings. The second-order valence-electron chi connectivity index (χ2n) is 4.30. The van der Waals surface area contributed by atoms with Crippen LogP contribution in [0, 0.1) is 6.92 Å². The van der Waals surface area contributed by atoms with Gasteiger partial charge in [0.15, 0.2) is 0 Å². The van der Waals surface area contributed by atoms with E-state index in [-0.39, 0.29) is 10.1 Å². The van der Waals surface area contributed by atoms with Crippen molar-refractivity contribution >= 4 is 31.7 Å². The van der Waals surface area contributed by atoms with Crippen molar-refractivity contribution in [2.75, 3.05) is 0 Å². The molecule has 0 N–H and O–H groups in total. The van der Waals surface area contributed by atoms with Crippen LogP contribution < -0.4 is 4.18 Å². The standard InChI is InChI=1S/C14H11NO3S2/c1-10-6-8-11(9-7-10)20(16,17)18-14-15-12-4-2-3-5-13(12)19-14/h2-9H,1H3. The molecule has 0 atom stereocenters. The highest BCUT2D eigenvalue weighted by atomic mass is 32.2. The molecule has 0 bridgehead atoms. The molecule has 3 rings (SSSR count). The minimum Gasteiger partial charge on any atom is -0.348 e. The average Bonchev–Trinajstić information content (AvgIpc) is 2.80. The van der Waals surface area contributed by atoms with Gasteiger partial charge in [0.25, 0.3) is 5.19 Å². The summed E-state index contributed by atoms with van der Waals surface area (Å²) in [4.78, 5) is 4.29. The van der Waals surface area contributed by atoms with E-state index in [0.717, 1.165) is 15.8 Å². The summed E-state index contributed by atoms with van der Waals surface area (Å²) in [5, 5.41) is 0.131. The van der Waals surface area contributed by atoms with Crippen LogP contribution in [0.2, 0.25) is 0 Å². The Hall–Kier alpha value is -1.92. The van der Waals surface area contributed by atoms with E-state index in [1.165, 1.54) is 23.5 Å². The van der Waals surface area contributed by atoms with Gasteiger partial charge in [-0.15, -0.1) is 0 Å². The maximum absolute atomic E-state index is 12.1. The van der Waals surface area contributed by atoms with Crippen LogP contribution >= 0.6 is 11.3 Å². The van der Waals surface area contributed by atoms with Gasteiger partial charge in [0.1, 0.15) is 4.90 Å². The molecule has 0 aliphatic heterocycles. The Kier molecular flexibility index (Phi) is 3.19. The number of hydrogen-bond donors (Lipinski definition) is 0. The maximum Gasteiger partial charge on any atom is 0.341 e. The molecule has 1 aromatic heterocycles. The van der Waals surface area contributed by atoms with E-state index in [2.05, 4.69) is 4.98 Å². The van der Waals surface area contributed by atoms with Crippen LogP contribution in [0.5, 0.6) is 5.19 Å². The Bertz CT molecular complexity index is 819. The number of fused-ring (bicyclic) bond motifs is 1. The van der Waals surface area contributed by atoms with Gasteiger partial charge >= 0.3 is 10.1 Å². The third kappa shape index (κ3) is 2.52.